The van der Waals surface area contributed by atoms with Crippen LogP contribution in [0.25, 0.3) is 0 Å². The van der Waals surface area contributed by atoms with Crippen molar-refractivity contribution < 1.29 is 4.79 Å². The smallest absolute Gasteiger partial charge is 0.224 e. The molecule has 2 heteroatoms. The van der Waals surface area contributed by atoms with Crippen LogP contribution in [0.1, 0.15) is 31.2 Å². The van der Waals surface area contributed by atoms with E-state index in [2.05, 4.69) is 19.1 Å². The first-order valence-corrected chi connectivity index (χ1v) is 5.02. The van der Waals surface area contributed by atoms with Gasteiger partial charge in [0.2, 0.25) is 5.91 Å². The van der Waals surface area contributed by atoms with Crippen LogP contribution < -0.4 is 5.73 Å². The second-order valence-electron chi connectivity index (χ2n) is 4.15. The third kappa shape index (κ3) is 1.31. The highest BCUT2D eigenvalue weighted by Gasteiger charge is 2.52. The summed E-state index contributed by atoms with van der Waals surface area (Å²) in [6, 6.07) is 10.1. The maximum Gasteiger partial charge on any atom is 0.224 e. The highest BCUT2D eigenvalue weighted by atomic mass is 16.1. The van der Waals surface area contributed by atoms with Gasteiger partial charge in [-0.1, -0.05) is 37.3 Å². The molecule has 1 aromatic carbocycles. The van der Waals surface area contributed by atoms with E-state index in [1.54, 1.807) is 0 Å². The lowest BCUT2D eigenvalue weighted by atomic mass is 9.84. The predicted octanol–water partition coefficient (Wildman–Crippen LogP) is 2.06. The molecule has 2 rings (SSSR count). The fourth-order valence-electron chi connectivity index (χ4n) is 2.09. The zero-order valence-corrected chi connectivity index (χ0v) is 8.36. The monoisotopic (exact) mass is 189 g/mol. The van der Waals surface area contributed by atoms with Gasteiger partial charge in [-0.3, -0.25) is 4.79 Å². The summed E-state index contributed by atoms with van der Waals surface area (Å²) in [5, 5.41) is 0. The van der Waals surface area contributed by atoms with E-state index < -0.39 is 0 Å². The van der Waals surface area contributed by atoms with Crippen molar-refractivity contribution in [2.24, 2.45) is 11.1 Å². The van der Waals surface area contributed by atoms with E-state index >= 15 is 0 Å². The van der Waals surface area contributed by atoms with E-state index in [-0.39, 0.29) is 17.2 Å². The molecule has 1 aliphatic carbocycles. The van der Waals surface area contributed by atoms with Crippen molar-refractivity contribution in [3.63, 3.8) is 0 Å². The standard InChI is InChI=1S/C12H15NO/c1-9(10-5-3-2-4-6-10)12(7-8-12)11(13)14/h2-6,9H,7-8H2,1H3,(H2,13,14)/t9-/m1/s1. The third-order valence-electron chi connectivity index (χ3n) is 3.41. The summed E-state index contributed by atoms with van der Waals surface area (Å²) < 4.78 is 0. The van der Waals surface area contributed by atoms with Gasteiger partial charge in [-0.15, -0.1) is 0 Å². The molecule has 0 saturated heterocycles. The summed E-state index contributed by atoms with van der Waals surface area (Å²) in [6.07, 6.45) is 1.89. The van der Waals surface area contributed by atoms with E-state index in [1.165, 1.54) is 5.56 Å². The lowest BCUT2D eigenvalue weighted by Gasteiger charge is -2.20. The number of primary amides is 1. The molecule has 1 aromatic rings. The molecule has 74 valence electrons. The van der Waals surface area contributed by atoms with E-state index in [0.29, 0.717) is 0 Å². The second kappa shape index (κ2) is 3.12. The van der Waals surface area contributed by atoms with E-state index in [9.17, 15) is 4.79 Å². The van der Waals surface area contributed by atoms with Gasteiger partial charge in [0, 0.05) is 0 Å². The zero-order chi connectivity index (χ0) is 10.2. The Hall–Kier alpha value is -1.31. The van der Waals surface area contributed by atoms with Gasteiger partial charge >= 0.3 is 0 Å². The van der Waals surface area contributed by atoms with Crippen LogP contribution in [0.3, 0.4) is 0 Å². The molecular formula is C12H15NO. The second-order valence-corrected chi connectivity index (χ2v) is 4.15. The topological polar surface area (TPSA) is 43.1 Å². The van der Waals surface area contributed by atoms with Crippen LogP contribution in [0, 0.1) is 5.41 Å². The molecule has 1 amide bonds. The van der Waals surface area contributed by atoms with Crippen molar-refractivity contribution in [2.75, 3.05) is 0 Å². The molecule has 0 radical (unpaired) electrons. The molecule has 1 fully saturated rings. The molecule has 1 atom stereocenters. The highest BCUT2D eigenvalue weighted by molar-refractivity contribution is 5.84. The Morgan fingerprint density at radius 3 is 2.36 bits per heavy atom. The lowest BCUT2D eigenvalue weighted by Crippen LogP contribution is -2.29. The van der Waals surface area contributed by atoms with Gasteiger partial charge in [-0.25, -0.2) is 0 Å². The SMILES string of the molecule is C[C@H](c1ccccc1)C1(C(N)=O)CC1. The van der Waals surface area contributed by atoms with Crippen molar-refractivity contribution in [1.29, 1.82) is 0 Å². The lowest BCUT2D eigenvalue weighted by molar-refractivity contribution is -0.123. The number of hydrogen-bond donors (Lipinski definition) is 1. The van der Waals surface area contributed by atoms with Crippen LogP contribution >= 0.6 is 0 Å². The average molecular weight is 189 g/mol. The molecule has 0 heterocycles. The summed E-state index contributed by atoms with van der Waals surface area (Å²) in [6.45, 7) is 2.09. The summed E-state index contributed by atoms with van der Waals surface area (Å²) >= 11 is 0. The molecule has 0 aromatic heterocycles. The third-order valence-corrected chi connectivity index (χ3v) is 3.41. The number of nitrogens with two attached hydrogens (primary N) is 1. The fourth-order valence-corrected chi connectivity index (χ4v) is 2.09. The Morgan fingerprint density at radius 1 is 1.36 bits per heavy atom. The van der Waals surface area contributed by atoms with Gasteiger partial charge in [0.05, 0.1) is 5.41 Å². The van der Waals surface area contributed by atoms with Crippen molar-refractivity contribution >= 4 is 5.91 Å². The number of benzene rings is 1. The minimum absolute atomic E-state index is 0.145. The van der Waals surface area contributed by atoms with Gasteiger partial charge < -0.3 is 5.73 Å². The van der Waals surface area contributed by atoms with Gasteiger partial charge in [0.15, 0.2) is 0 Å². The van der Waals surface area contributed by atoms with Crippen LogP contribution in [-0.4, -0.2) is 5.91 Å². The van der Waals surface area contributed by atoms with Crippen LogP contribution in [-0.2, 0) is 4.79 Å². The quantitative estimate of drug-likeness (QED) is 0.777. The maximum absolute atomic E-state index is 11.3. The molecular weight excluding hydrogens is 174 g/mol. The molecule has 2 N–H and O–H groups in total. The number of carbonyl (C=O) groups excluding carboxylic acids is 1. The molecule has 1 aliphatic rings. The Labute approximate surface area is 84.1 Å². The molecule has 0 aliphatic heterocycles. The number of hydrogen-bond acceptors (Lipinski definition) is 1. The first kappa shape index (κ1) is 9.25. The van der Waals surface area contributed by atoms with Crippen molar-refractivity contribution in [2.45, 2.75) is 25.7 Å². The molecule has 14 heavy (non-hydrogen) atoms. The first-order chi connectivity index (χ1) is 6.67. The Balaban J connectivity index is 2.25. The van der Waals surface area contributed by atoms with Gasteiger partial charge in [-0.2, -0.15) is 0 Å². The predicted molar refractivity (Wildman–Crippen MR) is 55.7 cm³/mol. The number of amides is 1. The summed E-state index contributed by atoms with van der Waals surface area (Å²) in [5.41, 5.74) is 6.40. The number of carbonyl (C=O) groups is 1. The Morgan fingerprint density at radius 2 is 1.93 bits per heavy atom. The van der Waals surface area contributed by atoms with Gasteiger partial charge in [-0.05, 0) is 24.3 Å². The highest BCUT2D eigenvalue weighted by Crippen LogP contribution is 2.55. The summed E-state index contributed by atoms with van der Waals surface area (Å²) in [5.74, 6) is 0.107. The van der Waals surface area contributed by atoms with Crippen molar-refractivity contribution in [1.82, 2.24) is 0 Å². The molecule has 0 bridgehead atoms. The molecule has 0 spiro atoms. The van der Waals surface area contributed by atoms with Crippen molar-refractivity contribution in [3.8, 4) is 0 Å². The summed E-state index contributed by atoms with van der Waals surface area (Å²) in [4.78, 5) is 11.3. The van der Waals surface area contributed by atoms with Crippen LogP contribution in [0.15, 0.2) is 30.3 Å². The molecule has 2 nitrogen and oxygen atoms in total. The van der Waals surface area contributed by atoms with Gasteiger partial charge in [0.1, 0.15) is 0 Å². The van der Waals surface area contributed by atoms with Crippen LogP contribution in [0.5, 0.6) is 0 Å². The Kier molecular flexibility index (Phi) is 2.06. The fraction of sp³-hybridized carbons (Fsp3) is 0.417. The van der Waals surface area contributed by atoms with E-state index in [4.69, 9.17) is 5.73 Å². The van der Waals surface area contributed by atoms with Crippen LogP contribution in [0.4, 0.5) is 0 Å². The average Bonchev–Trinajstić information content (AvgIpc) is 2.99. The zero-order valence-electron chi connectivity index (χ0n) is 8.36. The maximum atomic E-state index is 11.3. The van der Waals surface area contributed by atoms with Crippen LogP contribution in [0.2, 0.25) is 0 Å². The number of rotatable bonds is 3. The minimum Gasteiger partial charge on any atom is -0.369 e. The minimum atomic E-state index is -0.249. The van der Waals surface area contributed by atoms with Gasteiger partial charge in [0.25, 0.3) is 0 Å². The summed E-state index contributed by atoms with van der Waals surface area (Å²) in [7, 11) is 0. The van der Waals surface area contributed by atoms with E-state index in [1.807, 2.05) is 18.2 Å². The first-order valence-electron chi connectivity index (χ1n) is 5.02. The molecule has 1 saturated carbocycles. The van der Waals surface area contributed by atoms with Crippen molar-refractivity contribution in [3.05, 3.63) is 35.9 Å². The van der Waals surface area contributed by atoms with E-state index in [0.717, 1.165) is 12.8 Å². The Bertz CT molecular complexity index is 341. The normalized spacial score (nSPS) is 20.1. The molecule has 0 unspecified atom stereocenters. The largest absolute Gasteiger partial charge is 0.369 e.